The minimum atomic E-state index is -0.333. The minimum absolute atomic E-state index is 0.108. The molecular weight excluding hydrogens is 243 g/mol. The fraction of sp³-hybridized carbons (Fsp3) is 0.188. The molecule has 0 unspecified atom stereocenters. The number of carbonyl (C=O) groups is 1. The summed E-state index contributed by atoms with van der Waals surface area (Å²) in [4.78, 5) is 12.4. The predicted molar refractivity (Wildman–Crippen MR) is 72.3 cm³/mol. The van der Waals surface area contributed by atoms with E-state index in [1.54, 1.807) is 32.2 Å². The lowest BCUT2D eigenvalue weighted by atomic mass is 9.98. The van der Waals surface area contributed by atoms with E-state index in [9.17, 15) is 9.18 Å². The molecule has 3 heteroatoms. The van der Waals surface area contributed by atoms with Crippen molar-refractivity contribution in [2.75, 3.05) is 7.11 Å². The van der Waals surface area contributed by atoms with E-state index in [-0.39, 0.29) is 11.6 Å². The molecule has 2 nitrogen and oxygen atoms in total. The van der Waals surface area contributed by atoms with Crippen molar-refractivity contribution in [1.29, 1.82) is 0 Å². The van der Waals surface area contributed by atoms with Crippen LogP contribution in [0.15, 0.2) is 36.4 Å². The zero-order valence-corrected chi connectivity index (χ0v) is 11.2. The Hall–Kier alpha value is -2.16. The van der Waals surface area contributed by atoms with Crippen molar-refractivity contribution in [3.63, 3.8) is 0 Å². The Labute approximate surface area is 111 Å². The molecule has 0 aliphatic rings. The van der Waals surface area contributed by atoms with Gasteiger partial charge in [0.25, 0.3) is 0 Å². The summed E-state index contributed by atoms with van der Waals surface area (Å²) in [5.41, 5.74) is 2.63. The van der Waals surface area contributed by atoms with Crippen LogP contribution in [0.1, 0.15) is 27.0 Å². The van der Waals surface area contributed by atoms with Gasteiger partial charge in [-0.3, -0.25) is 4.79 Å². The standard InChI is InChI=1S/C16H15FO2/c1-10-9-13(17)5-6-14(10)16(18)12-4-7-15(19-3)11(2)8-12/h4-9H,1-3H3. The number of hydrogen-bond donors (Lipinski definition) is 0. The highest BCUT2D eigenvalue weighted by Crippen LogP contribution is 2.21. The van der Waals surface area contributed by atoms with Gasteiger partial charge in [-0.15, -0.1) is 0 Å². The van der Waals surface area contributed by atoms with Crippen LogP contribution in [0.4, 0.5) is 4.39 Å². The Balaban J connectivity index is 2.41. The van der Waals surface area contributed by atoms with Crippen LogP contribution in [-0.2, 0) is 0 Å². The summed E-state index contributed by atoms with van der Waals surface area (Å²) < 4.78 is 18.2. The molecule has 0 heterocycles. The second-order valence-electron chi connectivity index (χ2n) is 4.47. The van der Waals surface area contributed by atoms with Crippen molar-refractivity contribution in [1.82, 2.24) is 0 Å². The molecule has 0 aromatic heterocycles. The van der Waals surface area contributed by atoms with Crippen LogP contribution in [0.2, 0.25) is 0 Å². The van der Waals surface area contributed by atoms with Crippen LogP contribution in [-0.4, -0.2) is 12.9 Å². The molecule has 0 bridgehead atoms. The normalized spacial score (nSPS) is 10.3. The van der Waals surface area contributed by atoms with E-state index in [2.05, 4.69) is 0 Å². The Bertz CT molecular complexity index is 633. The summed E-state index contributed by atoms with van der Waals surface area (Å²) >= 11 is 0. The first-order chi connectivity index (χ1) is 9.02. The molecule has 0 radical (unpaired) electrons. The fourth-order valence-electron chi connectivity index (χ4n) is 2.06. The van der Waals surface area contributed by atoms with Gasteiger partial charge >= 0.3 is 0 Å². The number of rotatable bonds is 3. The third-order valence-electron chi connectivity index (χ3n) is 3.09. The van der Waals surface area contributed by atoms with Crippen molar-refractivity contribution >= 4 is 5.78 Å². The first kappa shape index (κ1) is 13.3. The first-order valence-corrected chi connectivity index (χ1v) is 5.98. The highest BCUT2D eigenvalue weighted by molar-refractivity contribution is 6.10. The SMILES string of the molecule is COc1ccc(C(=O)c2ccc(F)cc2C)cc1C. The molecular formula is C16H15FO2. The van der Waals surface area contributed by atoms with Gasteiger partial charge in [-0.2, -0.15) is 0 Å². The largest absolute Gasteiger partial charge is 0.496 e. The molecule has 2 aromatic rings. The average molecular weight is 258 g/mol. The Morgan fingerprint density at radius 2 is 1.79 bits per heavy atom. The van der Waals surface area contributed by atoms with Crippen LogP contribution in [0.5, 0.6) is 5.75 Å². The molecule has 0 amide bonds. The molecule has 0 saturated carbocycles. The molecule has 0 atom stereocenters. The number of halogens is 1. The Morgan fingerprint density at radius 3 is 2.37 bits per heavy atom. The van der Waals surface area contributed by atoms with E-state index >= 15 is 0 Å². The smallest absolute Gasteiger partial charge is 0.193 e. The Morgan fingerprint density at radius 1 is 1.05 bits per heavy atom. The van der Waals surface area contributed by atoms with E-state index in [4.69, 9.17) is 4.74 Å². The van der Waals surface area contributed by atoms with Crippen molar-refractivity contribution in [2.45, 2.75) is 13.8 Å². The van der Waals surface area contributed by atoms with Crippen LogP contribution in [0.3, 0.4) is 0 Å². The maximum absolute atomic E-state index is 13.0. The molecule has 19 heavy (non-hydrogen) atoms. The molecule has 98 valence electrons. The molecule has 0 aliphatic heterocycles. The number of benzene rings is 2. The van der Waals surface area contributed by atoms with Crippen molar-refractivity contribution < 1.29 is 13.9 Å². The quantitative estimate of drug-likeness (QED) is 0.785. The summed E-state index contributed by atoms with van der Waals surface area (Å²) in [6, 6.07) is 9.45. The number of aryl methyl sites for hydroxylation is 2. The molecule has 0 saturated heterocycles. The van der Waals surface area contributed by atoms with E-state index in [1.165, 1.54) is 18.2 Å². The number of methoxy groups -OCH3 is 1. The number of hydrogen-bond acceptors (Lipinski definition) is 2. The summed E-state index contributed by atoms with van der Waals surface area (Å²) in [7, 11) is 1.59. The van der Waals surface area contributed by atoms with Gasteiger partial charge < -0.3 is 4.74 Å². The molecule has 0 aliphatic carbocycles. The summed E-state index contributed by atoms with van der Waals surface area (Å²) in [6.07, 6.45) is 0. The zero-order valence-electron chi connectivity index (χ0n) is 11.2. The van der Waals surface area contributed by atoms with Gasteiger partial charge in [0.2, 0.25) is 0 Å². The number of carbonyl (C=O) groups excluding carboxylic acids is 1. The van der Waals surface area contributed by atoms with Crippen molar-refractivity contribution in [3.8, 4) is 5.75 Å². The second kappa shape index (κ2) is 5.22. The summed E-state index contributed by atoms with van der Waals surface area (Å²) in [6.45, 7) is 3.61. The average Bonchev–Trinajstić information content (AvgIpc) is 2.38. The third-order valence-corrected chi connectivity index (χ3v) is 3.09. The van der Waals surface area contributed by atoms with Gasteiger partial charge in [-0.25, -0.2) is 4.39 Å². The lowest BCUT2D eigenvalue weighted by Gasteiger charge is -2.08. The fourth-order valence-corrected chi connectivity index (χ4v) is 2.06. The van der Waals surface area contributed by atoms with E-state index in [1.807, 2.05) is 6.92 Å². The predicted octanol–water partition coefficient (Wildman–Crippen LogP) is 3.68. The van der Waals surface area contributed by atoms with Crippen LogP contribution in [0.25, 0.3) is 0 Å². The maximum atomic E-state index is 13.0. The van der Waals surface area contributed by atoms with Crippen LogP contribution >= 0.6 is 0 Å². The van der Waals surface area contributed by atoms with Gasteiger partial charge in [-0.1, -0.05) is 0 Å². The Kier molecular flexibility index (Phi) is 3.65. The maximum Gasteiger partial charge on any atom is 0.193 e. The highest BCUT2D eigenvalue weighted by Gasteiger charge is 2.13. The molecule has 2 aromatic carbocycles. The summed E-state index contributed by atoms with van der Waals surface area (Å²) in [5, 5.41) is 0. The van der Waals surface area contributed by atoms with E-state index in [0.717, 1.165) is 11.3 Å². The van der Waals surface area contributed by atoms with Gasteiger partial charge in [0.1, 0.15) is 11.6 Å². The van der Waals surface area contributed by atoms with Crippen LogP contribution in [0, 0.1) is 19.7 Å². The summed E-state index contributed by atoms with van der Waals surface area (Å²) in [5.74, 6) is 0.301. The molecule has 2 rings (SSSR count). The van der Waals surface area contributed by atoms with Gasteiger partial charge in [0.15, 0.2) is 5.78 Å². The topological polar surface area (TPSA) is 26.3 Å². The lowest BCUT2D eigenvalue weighted by molar-refractivity contribution is 0.103. The van der Waals surface area contributed by atoms with Gasteiger partial charge in [0.05, 0.1) is 7.11 Å². The third kappa shape index (κ3) is 2.65. The minimum Gasteiger partial charge on any atom is -0.496 e. The second-order valence-corrected chi connectivity index (χ2v) is 4.47. The monoisotopic (exact) mass is 258 g/mol. The van der Waals surface area contributed by atoms with E-state index < -0.39 is 0 Å². The van der Waals surface area contributed by atoms with Gasteiger partial charge in [0, 0.05) is 11.1 Å². The molecule has 0 N–H and O–H groups in total. The number of ketones is 1. The molecule has 0 spiro atoms. The van der Waals surface area contributed by atoms with E-state index in [0.29, 0.717) is 16.7 Å². The van der Waals surface area contributed by atoms with Crippen molar-refractivity contribution in [3.05, 3.63) is 64.5 Å². The molecule has 0 fully saturated rings. The number of ether oxygens (including phenoxy) is 1. The van der Waals surface area contributed by atoms with Crippen molar-refractivity contribution in [2.24, 2.45) is 0 Å². The van der Waals surface area contributed by atoms with Crippen LogP contribution < -0.4 is 4.74 Å². The zero-order chi connectivity index (χ0) is 14.0. The van der Waals surface area contributed by atoms with Gasteiger partial charge in [-0.05, 0) is 61.4 Å². The lowest BCUT2D eigenvalue weighted by Crippen LogP contribution is -2.04. The first-order valence-electron chi connectivity index (χ1n) is 5.98. The highest BCUT2D eigenvalue weighted by atomic mass is 19.1.